The van der Waals surface area contributed by atoms with Crippen molar-refractivity contribution >= 4 is 29.0 Å². The van der Waals surface area contributed by atoms with Gasteiger partial charge in [-0.3, -0.25) is 9.69 Å². The Morgan fingerprint density at radius 3 is 2.87 bits per heavy atom. The van der Waals surface area contributed by atoms with Crippen molar-refractivity contribution in [3.63, 3.8) is 0 Å². The number of carbonyl (C=O) groups excluding carboxylic acids is 1. The van der Waals surface area contributed by atoms with Gasteiger partial charge in [-0.25, -0.2) is 4.98 Å². The molecule has 2 aliphatic rings. The Balaban J connectivity index is 1.34. The Bertz CT molecular complexity index is 1370. The molecule has 2 aliphatic heterocycles. The van der Waals surface area contributed by atoms with Gasteiger partial charge in [-0.2, -0.15) is 18.2 Å². The smallest absolute Gasteiger partial charge is 0.416 e. The number of benzene rings is 2. The molecule has 1 fully saturated rings. The third-order valence-corrected chi connectivity index (χ3v) is 6.87. The van der Waals surface area contributed by atoms with Gasteiger partial charge in [0.05, 0.1) is 17.1 Å². The fourth-order valence-corrected chi connectivity index (χ4v) is 4.70. The number of hydrogen-bond donors (Lipinski definition) is 3. The molecule has 0 spiro atoms. The zero-order chi connectivity index (χ0) is 27.6. The number of fused-ring (bicyclic) bond motifs is 1. The Kier molecular flexibility index (Phi) is 7.78. The minimum absolute atomic E-state index is 0.0207. The number of carbonyl (C=O) groups is 1. The second-order valence-electron chi connectivity index (χ2n) is 9.21. The molecule has 0 bridgehead atoms. The number of likely N-dealkylation sites (N-methyl/N-ethyl adjacent to an activating group) is 1. The van der Waals surface area contributed by atoms with E-state index in [4.69, 9.17) is 21.1 Å². The number of amides is 1. The lowest BCUT2D eigenvalue weighted by Gasteiger charge is -2.20. The minimum Gasteiger partial charge on any atom is -0.483 e. The average Bonchev–Trinajstić information content (AvgIpc) is 3.38. The van der Waals surface area contributed by atoms with Crippen LogP contribution in [0.2, 0.25) is 5.02 Å². The minimum atomic E-state index is -4.58. The molecule has 3 heterocycles. The van der Waals surface area contributed by atoms with Gasteiger partial charge in [-0.05, 0) is 49.4 Å². The number of alkyl halides is 3. The van der Waals surface area contributed by atoms with Gasteiger partial charge >= 0.3 is 6.18 Å². The normalized spacial score (nSPS) is 17.2. The molecule has 0 radical (unpaired) electrons. The predicted octanol–water partition coefficient (Wildman–Crippen LogP) is 4.79. The summed E-state index contributed by atoms with van der Waals surface area (Å²) in [5, 5.41) is 8.98. The molecule has 2 aromatic carbocycles. The van der Waals surface area contributed by atoms with Gasteiger partial charge in [-0.1, -0.05) is 17.7 Å². The molecule has 5 rings (SSSR count). The Morgan fingerprint density at radius 1 is 1.26 bits per heavy atom. The lowest BCUT2D eigenvalue weighted by molar-refractivity contribution is -0.138. The Labute approximate surface area is 227 Å². The Morgan fingerprint density at radius 2 is 2.10 bits per heavy atom. The van der Waals surface area contributed by atoms with Crippen LogP contribution in [-0.4, -0.2) is 60.1 Å². The van der Waals surface area contributed by atoms with Crippen molar-refractivity contribution in [3.05, 3.63) is 64.4 Å². The van der Waals surface area contributed by atoms with Crippen LogP contribution in [0.1, 0.15) is 27.9 Å². The fourth-order valence-electron chi connectivity index (χ4n) is 4.55. The second-order valence-corrected chi connectivity index (χ2v) is 9.62. The maximum atomic E-state index is 13.9. The van der Waals surface area contributed by atoms with Crippen molar-refractivity contribution in [2.75, 3.05) is 43.9 Å². The van der Waals surface area contributed by atoms with E-state index >= 15 is 0 Å². The van der Waals surface area contributed by atoms with Gasteiger partial charge in [0.25, 0.3) is 11.8 Å². The molecule has 206 valence electrons. The zero-order valence-corrected chi connectivity index (χ0v) is 21.7. The molecule has 1 saturated heterocycles. The molecule has 9 nitrogen and oxygen atoms in total. The topological polar surface area (TPSA) is 101 Å². The molecule has 3 N–H and O–H groups in total. The highest BCUT2D eigenvalue weighted by Gasteiger charge is 2.35. The number of nitrogens with zero attached hydrogens (tertiary/aromatic N) is 3. The van der Waals surface area contributed by atoms with Crippen LogP contribution in [0.15, 0.2) is 42.7 Å². The summed E-state index contributed by atoms with van der Waals surface area (Å²) in [4.78, 5) is 23.2. The number of anilines is 2. The van der Waals surface area contributed by atoms with Gasteiger partial charge in [0.15, 0.2) is 5.82 Å². The van der Waals surface area contributed by atoms with Crippen LogP contribution >= 0.6 is 11.6 Å². The molecule has 39 heavy (non-hydrogen) atoms. The van der Waals surface area contributed by atoms with E-state index in [1.165, 1.54) is 36.7 Å². The van der Waals surface area contributed by atoms with E-state index in [1.807, 2.05) is 11.9 Å². The highest BCUT2D eigenvalue weighted by molar-refractivity contribution is 6.32. The first-order valence-electron chi connectivity index (χ1n) is 12.3. The first-order chi connectivity index (χ1) is 18.7. The maximum absolute atomic E-state index is 13.9. The largest absolute Gasteiger partial charge is 0.483 e. The van der Waals surface area contributed by atoms with E-state index in [9.17, 15) is 18.0 Å². The lowest BCUT2D eigenvalue weighted by atomic mass is 10.0. The van der Waals surface area contributed by atoms with Crippen LogP contribution in [-0.2, 0) is 12.7 Å². The van der Waals surface area contributed by atoms with Crippen molar-refractivity contribution in [2.45, 2.75) is 25.2 Å². The molecule has 0 unspecified atom stereocenters. The number of aromatic nitrogens is 2. The quantitative estimate of drug-likeness (QED) is 0.378. The van der Waals surface area contributed by atoms with E-state index in [1.54, 1.807) is 0 Å². The number of likely N-dealkylation sites (tertiary alicyclic amines) is 1. The van der Waals surface area contributed by atoms with Crippen LogP contribution in [0.5, 0.6) is 17.4 Å². The standard InChI is InChI=1S/C26H26ClF3N6O3/c1-31-18-6-8-36(13-18)12-16-2-4-17(11-19(16)26(28,29)30)35-24(37)15-3-5-20(27)21(10-15)39-25-22-23(33-14-34-25)32-7-9-38-22/h2-5,10-11,14,18,31H,6-9,12-13H2,1H3,(H,35,37)(H,32,33,34)/t18-/m1/s1. The van der Waals surface area contributed by atoms with Gasteiger partial charge in [-0.15, -0.1) is 0 Å². The summed E-state index contributed by atoms with van der Waals surface area (Å²) < 4.78 is 53.2. The SMILES string of the molecule is CN[C@@H]1CCN(Cc2ccc(NC(=O)c3ccc(Cl)c(Oc4ncnc5c4OCCN5)c3)cc2C(F)(F)F)C1. The summed E-state index contributed by atoms with van der Waals surface area (Å²) in [6, 6.07) is 8.39. The van der Waals surface area contributed by atoms with Crippen molar-refractivity contribution < 1.29 is 27.4 Å². The van der Waals surface area contributed by atoms with E-state index in [0.717, 1.165) is 12.5 Å². The molecule has 1 aromatic heterocycles. The zero-order valence-electron chi connectivity index (χ0n) is 20.9. The van der Waals surface area contributed by atoms with Gasteiger partial charge in [0.1, 0.15) is 18.7 Å². The van der Waals surface area contributed by atoms with Crippen molar-refractivity contribution in [1.82, 2.24) is 20.2 Å². The van der Waals surface area contributed by atoms with Gasteiger partial charge in [0.2, 0.25) is 5.75 Å². The summed E-state index contributed by atoms with van der Waals surface area (Å²) in [6.07, 6.45) is -2.40. The monoisotopic (exact) mass is 562 g/mol. The van der Waals surface area contributed by atoms with Gasteiger partial charge < -0.3 is 25.4 Å². The third kappa shape index (κ3) is 6.18. The number of halogens is 4. The maximum Gasteiger partial charge on any atom is 0.416 e. The summed E-state index contributed by atoms with van der Waals surface area (Å²) in [5.74, 6) is 0.375. The van der Waals surface area contributed by atoms with Crippen LogP contribution in [0, 0.1) is 0 Å². The predicted molar refractivity (Wildman–Crippen MR) is 140 cm³/mol. The highest BCUT2D eigenvalue weighted by Crippen LogP contribution is 2.39. The summed E-state index contributed by atoms with van der Waals surface area (Å²) in [6.45, 7) is 2.52. The average molecular weight is 563 g/mol. The first-order valence-corrected chi connectivity index (χ1v) is 12.7. The third-order valence-electron chi connectivity index (χ3n) is 6.56. The molecule has 1 atom stereocenters. The number of nitrogens with one attached hydrogen (secondary N) is 3. The number of rotatable bonds is 7. The van der Waals surface area contributed by atoms with Crippen molar-refractivity contribution in [3.8, 4) is 17.4 Å². The van der Waals surface area contributed by atoms with Crippen molar-refractivity contribution in [2.24, 2.45) is 0 Å². The first kappa shape index (κ1) is 27.0. The molecule has 3 aromatic rings. The van der Waals surface area contributed by atoms with Crippen LogP contribution in [0.4, 0.5) is 24.7 Å². The van der Waals surface area contributed by atoms with Crippen LogP contribution in [0.3, 0.4) is 0 Å². The van der Waals surface area contributed by atoms with E-state index in [2.05, 4.69) is 25.9 Å². The van der Waals surface area contributed by atoms with Crippen molar-refractivity contribution in [1.29, 1.82) is 0 Å². The van der Waals surface area contributed by atoms with E-state index in [-0.39, 0.29) is 46.1 Å². The van der Waals surface area contributed by atoms with E-state index in [0.29, 0.717) is 37.8 Å². The summed E-state index contributed by atoms with van der Waals surface area (Å²) in [5.41, 5.74) is -0.476. The Hall–Kier alpha value is -3.61. The molecule has 1 amide bonds. The molecule has 0 aliphatic carbocycles. The summed E-state index contributed by atoms with van der Waals surface area (Å²) >= 11 is 6.28. The molecule has 13 heteroatoms. The van der Waals surface area contributed by atoms with Crippen LogP contribution in [0.25, 0.3) is 0 Å². The molecular weight excluding hydrogens is 537 g/mol. The number of hydrogen-bond acceptors (Lipinski definition) is 8. The summed E-state index contributed by atoms with van der Waals surface area (Å²) in [7, 11) is 1.84. The molecular formula is C26H26ClF3N6O3. The second kappa shape index (κ2) is 11.2. The highest BCUT2D eigenvalue weighted by atomic mass is 35.5. The number of ether oxygens (including phenoxy) is 2. The molecule has 0 saturated carbocycles. The van der Waals surface area contributed by atoms with Gasteiger partial charge in [0, 0.05) is 36.9 Å². The van der Waals surface area contributed by atoms with E-state index < -0.39 is 17.6 Å². The van der Waals surface area contributed by atoms with Crippen LogP contribution < -0.4 is 25.4 Å². The lowest BCUT2D eigenvalue weighted by Crippen LogP contribution is -2.29. The fraction of sp³-hybridized carbons (Fsp3) is 0.346.